The molecule has 2 heteroatoms. The van der Waals surface area contributed by atoms with Gasteiger partial charge in [-0.3, -0.25) is 0 Å². The fraction of sp³-hybridized carbons (Fsp3) is 0.364. The third-order valence-electron chi connectivity index (χ3n) is 1.90. The predicted molar refractivity (Wildman–Crippen MR) is 51.3 cm³/mol. The lowest BCUT2D eigenvalue weighted by Crippen LogP contribution is -1.94. The lowest BCUT2D eigenvalue weighted by molar-refractivity contribution is 0.202. The van der Waals surface area contributed by atoms with Crippen LogP contribution in [0.15, 0.2) is 24.3 Å². The minimum absolute atomic E-state index is 0.491. The van der Waals surface area contributed by atoms with Crippen molar-refractivity contribution in [3.63, 3.8) is 0 Å². The standard InChI is InChI=1S/C11H13NO/c1-13-9-7-11-4-2-10(3-5-11)6-8-12/h2-5H,6-7,9H2,1H3. The van der Waals surface area contributed by atoms with Crippen molar-refractivity contribution in [1.29, 1.82) is 5.26 Å². The van der Waals surface area contributed by atoms with Gasteiger partial charge in [-0.1, -0.05) is 24.3 Å². The molecule has 0 spiro atoms. The molecule has 0 aliphatic rings. The highest BCUT2D eigenvalue weighted by Gasteiger charge is 1.93. The molecule has 0 heterocycles. The Morgan fingerprint density at radius 1 is 1.23 bits per heavy atom. The monoisotopic (exact) mass is 175 g/mol. The molecule has 0 atom stereocenters. The summed E-state index contributed by atoms with van der Waals surface area (Å²) < 4.78 is 4.97. The van der Waals surface area contributed by atoms with Crippen LogP contribution < -0.4 is 0 Å². The molecule has 68 valence electrons. The van der Waals surface area contributed by atoms with Crippen LogP contribution >= 0.6 is 0 Å². The molecule has 0 saturated carbocycles. The number of hydrogen-bond acceptors (Lipinski definition) is 2. The normalized spacial score (nSPS) is 9.54. The zero-order valence-electron chi connectivity index (χ0n) is 7.79. The molecule has 1 aromatic carbocycles. The van der Waals surface area contributed by atoms with Crippen LogP contribution in [0.5, 0.6) is 0 Å². The van der Waals surface area contributed by atoms with E-state index < -0.39 is 0 Å². The summed E-state index contributed by atoms with van der Waals surface area (Å²) in [4.78, 5) is 0. The maximum atomic E-state index is 8.46. The summed E-state index contributed by atoms with van der Waals surface area (Å²) in [6.07, 6.45) is 1.42. The first-order chi connectivity index (χ1) is 6.36. The molecule has 0 aliphatic carbocycles. The van der Waals surface area contributed by atoms with E-state index in [4.69, 9.17) is 10.00 Å². The van der Waals surface area contributed by atoms with Gasteiger partial charge in [-0.05, 0) is 17.5 Å². The third kappa shape index (κ3) is 3.27. The van der Waals surface area contributed by atoms with E-state index in [2.05, 4.69) is 6.07 Å². The first-order valence-electron chi connectivity index (χ1n) is 4.30. The molecule has 0 bridgehead atoms. The van der Waals surface area contributed by atoms with Gasteiger partial charge >= 0.3 is 0 Å². The van der Waals surface area contributed by atoms with Crippen molar-refractivity contribution in [3.05, 3.63) is 35.4 Å². The van der Waals surface area contributed by atoms with Crippen molar-refractivity contribution in [2.75, 3.05) is 13.7 Å². The Morgan fingerprint density at radius 3 is 2.38 bits per heavy atom. The molecular formula is C11H13NO. The van der Waals surface area contributed by atoms with Gasteiger partial charge in [0.05, 0.1) is 19.1 Å². The summed E-state index contributed by atoms with van der Waals surface area (Å²) in [5.41, 5.74) is 2.33. The van der Waals surface area contributed by atoms with Gasteiger partial charge in [0.25, 0.3) is 0 Å². The van der Waals surface area contributed by atoms with Gasteiger partial charge in [0.2, 0.25) is 0 Å². The van der Waals surface area contributed by atoms with Crippen molar-refractivity contribution in [2.24, 2.45) is 0 Å². The van der Waals surface area contributed by atoms with Gasteiger partial charge in [-0.2, -0.15) is 5.26 Å². The number of nitrogens with zero attached hydrogens (tertiary/aromatic N) is 1. The van der Waals surface area contributed by atoms with E-state index in [0.29, 0.717) is 6.42 Å². The quantitative estimate of drug-likeness (QED) is 0.700. The Labute approximate surface area is 78.8 Å². The molecule has 0 fully saturated rings. The van der Waals surface area contributed by atoms with Crippen LogP contribution in [0, 0.1) is 11.3 Å². The van der Waals surface area contributed by atoms with Crippen LogP contribution in [0.4, 0.5) is 0 Å². The Balaban J connectivity index is 2.55. The van der Waals surface area contributed by atoms with Crippen LogP contribution in [0.1, 0.15) is 11.1 Å². The van der Waals surface area contributed by atoms with Crippen molar-refractivity contribution < 1.29 is 4.74 Å². The first-order valence-corrected chi connectivity index (χ1v) is 4.30. The molecule has 13 heavy (non-hydrogen) atoms. The molecule has 0 N–H and O–H groups in total. The number of hydrogen-bond donors (Lipinski definition) is 0. The predicted octanol–water partition coefficient (Wildman–Crippen LogP) is 1.94. The molecule has 2 nitrogen and oxygen atoms in total. The van der Waals surface area contributed by atoms with Gasteiger partial charge < -0.3 is 4.74 Å². The highest BCUT2D eigenvalue weighted by atomic mass is 16.5. The molecular weight excluding hydrogens is 162 g/mol. The zero-order valence-corrected chi connectivity index (χ0v) is 7.79. The van der Waals surface area contributed by atoms with Crippen molar-refractivity contribution in [3.8, 4) is 6.07 Å². The maximum absolute atomic E-state index is 8.46. The van der Waals surface area contributed by atoms with E-state index in [1.165, 1.54) is 5.56 Å². The largest absolute Gasteiger partial charge is 0.384 e. The van der Waals surface area contributed by atoms with Gasteiger partial charge in [-0.25, -0.2) is 0 Å². The van der Waals surface area contributed by atoms with Crippen molar-refractivity contribution in [2.45, 2.75) is 12.8 Å². The Morgan fingerprint density at radius 2 is 1.85 bits per heavy atom. The fourth-order valence-electron chi connectivity index (χ4n) is 1.13. The molecule has 0 radical (unpaired) electrons. The van der Waals surface area contributed by atoms with Crippen LogP contribution in [0.2, 0.25) is 0 Å². The topological polar surface area (TPSA) is 33.0 Å². The average molecular weight is 175 g/mol. The molecule has 0 aromatic heterocycles. The van der Waals surface area contributed by atoms with E-state index in [1.807, 2.05) is 24.3 Å². The minimum atomic E-state index is 0.491. The summed E-state index contributed by atoms with van der Waals surface area (Å²) >= 11 is 0. The van der Waals surface area contributed by atoms with E-state index in [1.54, 1.807) is 7.11 Å². The molecule has 1 rings (SSSR count). The van der Waals surface area contributed by atoms with E-state index >= 15 is 0 Å². The highest BCUT2D eigenvalue weighted by Crippen LogP contribution is 2.05. The van der Waals surface area contributed by atoms with E-state index in [9.17, 15) is 0 Å². The first kappa shape index (κ1) is 9.76. The lowest BCUT2D eigenvalue weighted by atomic mass is 10.1. The summed E-state index contributed by atoms with van der Waals surface area (Å²) in [6.45, 7) is 0.748. The average Bonchev–Trinajstić information content (AvgIpc) is 2.17. The second-order valence-corrected chi connectivity index (χ2v) is 2.89. The summed E-state index contributed by atoms with van der Waals surface area (Å²) in [5, 5.41) is 8.46. The molecule has 1 aromatic rings. The third-order valence-corrected chi connectivity index (χ3v) is 1.90. The number of benzene rings is 1. The Hall–Kier alpha value is -1.33. The van der Waals surface area contributed by atoms with Gasteiger partial charge in [-0.15, -0.1) is 0 Å². The molecule has 0 amide bonds. The highest BCUT2D eigenvalue weighted by molar-refractivity contribution is 5.24. The summed E-state index contributed by atoms with van der Waals surface area (Å²) in [6, 6.07) is 10.2. The van der Waals surface area contributed by atoms with Crippen LogP contribution in [0.25, 0.3) is 0 Å². The smallest absolute Gasteiger partial charge is 0.0669 e. The second kappa shape index (κ2) is 5.34. The number of rotatable bonds is 4. The SMILES string of the molecule is COCCc1ccc(CC#N)cc1. The van der Waals surface area contributed by atoms with E-state index in [-0.39, 0.29) is 0 Å². The maximum Gasteiger partial charge on any atom is 0.0669 e. The van der Waals surface area contributed by atoms with Gasteiger partial charge in [0.15, 0.2) is 0 Å². The zero-order chi connectivity index (χ0) is 9.52. The van der Waals surface area contributed by atoms with Crippen molar-refractivity contribution in [1.82, 2.24) is 0 Å². The summed E-state index contributed by atoms with van der Waals surface area (Å²) in [7, 11) is 1.70. The molecule has 0 unspecified atom stereocenters. The lowest BCUT2D eigenvalue weighted by Gasteiger charge is -2.00. The fourth-order valence-corrected chi connectivity index (χ4v) is 1.13. The molecule has 0 saturated heterocycles. The second-order valence-electron chi connectivity index (χ2n) is 2.89. The van der Waals surface area contributed by atoms with Crippen LogP contribution in [-0.2, 0) is 17.6 Å². The van der Waals surface area contributed by atoms with Crippen LogP contribution in [0.3, 0.4) is 0 Å². The Bertz CT molecular complexity index is 284. The Kier molecular flexibility index (Phi) is 4.01. The van der Waals surface area contributed by atoms with Gasteiger partial charge in [0, 0.05) is 7.11 Å². The summed E-state index contributed by atoms with van der Waals surface area (Å²) in [5.74, 6) is 0. The van der Waals surface area contributed by atoms with Crippen LogP contribution in [-0.4, -0.2) is 13.7 Å². The number of methoxy groups -OCH3 is 1. The van der Waals surface area contributed by atoms with E-state index in [0.717, 1.165) is 18.6 Å². The van der Waals surface area contributed by atoms with Crippen molar-refractivity contribution >= 4 is 0 Å². The molecule has 0 aliphatic heterocycles. The number of ether oxygens (including phenoxy) is 1. The number of nitriles is 1. The van der Waals surface area contributed by atoms with Gasteiger partial charge in [0.1, 0.15) is 0 Å². The minimum Gasteiger partial charge on any atom is -0.384 e.